The summed E-state index contributed by atoms with van der Waals surface area (Å²) in [5.74, 6) is 0.0551. The van der Waals surface area contributed by atoms with Gasteiger partial charge in [0, 0.05) is 31.6 Å². The molecule has 1 fully saturated rings. The number of thiazole rings is 1. The van der Waals surface area contributed by atoms with Crippen LogP contribution in [0.4, 0.5) is 5.13 Å². The van der Waals surface area contributed by atoms with Crippen molar-refractivity contribution in [3.05, 3.63) is 17.4 Å². The van der Waals surface area contributed by atoms with Crippen molar-refractivity contribution in [1.82, 2.24) is 30.1 Å². The molecule has 3 heterocycles. The molecule has 3 rings (SSSR count). The number of nitrogens with zero attached hydrogens (tertiary/aromatic N) is 7. The predicted octanol–water partition coefficient (Wildman–Crippen LogP) is 0.177. The highest BCUT2D eigenvalue weighted by Gasteiger charge is 2.21. The van der Waals surface area contributed by atoms with Gasteiger partial charge in [-0.15, -0.1) is 16.4 Å². The van der Waals surface area contributed by atoms with Crippen molar-refractivity contribution in [1.29, 1.82) is 0 Å². The smallest absolute Gasteiger partial charge is 0.244 e. The van der Waals surface area contributed by atoms with E-state index in [9.17, 15) is 4.79 Å². The number of amides is 1. The summed E-state index contributed by atoms with van der Waals surface area (Å²) in [6.07, 6.45) is 2.40. The largest absolute Gasteiger partial charge is 0.346 e. The Labute approximate surface area is 126 Å². The number of aryl methyl sites for hydroxylation is 1. The third-order valence-corrected chi connectivity index (χ3v) is 4.43. The van der Waals surface area contributed by atoms with E-state index >= 15 is 0 Å². The fourth-order valence-electron chi connectivity index (χ4n) is 2.34. The van der Waals surface area contributed by atoms with Crippen LogP contribution in [0.3, 0.4) is 0 Å². The van der Waals surface area contributed by atoms with Crippen LogP contribution in [0.15, 0.2) is 11.7 Å². The van der Waals surface area contributed by atoms with Crippen molar-refractivity contribution in [3.8, 4) is 0 Å². The second kappa shape index (κ2) is 6.17. The molecule has 1 amide bonds. The summed E-state index contributed by atoms with van der Waals surface area (Å²) in [5, 5.41) is 13.9. The Morgan fingerprint density at radius 3 is 2.95 bits per heavy atom. The second-order valence-electron chi connectivity index (χ2n) is 5.00. The molecule has 0 radical (unpaired) electrons. The van der Waals surface area contributed by atoms with Gasteiger partial charge < -0.3 is 9.80 Å². The minimum absolute atomic E-state index is 0.0551. The highest BCUT2D eigenvalue weighted by atomic mass is 32.1. The summed E-state index contributed by atoms with van der Waals surface area (Å²) >= 11 is 1.66. The second-order valence-corrected chi connectivity index (χ2v) is 5.84. The highest BCUT2D eigenvalue weighted by molar-refractivity contribution is 7.13. The molecule has 21 heavy (non-hydrogen) atoms. The molecule has 9 heteroatoms. The molecule has 0 saturated carbocycles. The molecule has 0 aromatic carbocycles. The zero-order chi connectivity index (χ0) is 14.7. The Bertz CT molecular complexity index is 597. The maximum atomic E-state index is 12.2. The SMILES string of the molecule is Cc1csc(N2CCCN(C(=O)Cn3cnnn3)CC2)n1. The monoisotopic (exact) mass is 307 g/mol. The van der Waals surface area contributed by atoms with Gasteiger partial charge in [-0.2, -0.15) is 0 Å². The molecule has 0 atom stereocenters. The molecule has 0 spiro atoms. The van der Waals surface area contributed by atoms with Crippen LogP contribution in [0.25, 0.3) is 0 Å². The number of anilines is 1. The van der Waals surface area contributed by atoms with Crippen LogP contribution < -0.4 is 4.90 Å². The van der Waals surface area contributed by atoms with Crippen molar-refractivity contribution in [2.75, 3.05) is 31.1 Å². The summed E-state index contributed by atoms with van der Waals surface area (Å²) in [4.78, 5) is 20.9. The van der Waals surface area contributed by atoms with Gasteiger partial charge in [0.05, 0.1) is 5.69 Å². The van der Waals surface area contributed by atoms with E-state index in [1.54, 1.807) is 11.3 Å². The summed E-state index contributed by atoms with van der Waals surface area (Å²) in [7, 11) is 0. The molecule has 0 bridgehead atoms. The standard InChI is InChI=1S/C12H17N7OS/c1-10-8-21-12(14-10)18-4-2-3-17(5-6-18)11(20)7-19-9-13-15-16-19/h8-9H,2-7H2,1H3. The predicted molar refractivity (Wildman–Crippen MR) is 78.1 cm³/mol. The minimum Gasteiger partial charge on any atom is -0.346 e. The van der Waals surface area contributed by atoms with Gasteiger partial charge in [0.2, 0.25) is 5.91 Å². The van der Waals surface area contributed by atoms with Gasteiger partial charge in [-0.25, -0.2) is 9.67 Å². The van der Waals surface area contributed by atoms with E-state index in [-0.39, 0.29) is 12.5 Å². The normalized spacial score (nSPS) is 16.0. The highest BCUT2D eigenvalue weighted by Crippen LogP contribution is 2.21. The van der Waals surface area contributed by atoms with Gasteiger partial charge in [-0.3, -0.25) is 4.79 Å². The van der Waals surface area contributed by atoms with Gasteiger partial charge in [0.25, 0.3) is 0 Å². The molecular weight excluding hydrogens is 290 g/mol. The first-order valence-corrected chi connectivity index (χ1v) is 7.76. The molecule has 1 aliphatic heterocycles. The average molecular weight is 307 g/mol. The van der Waals surface area contributed by atoms with E-state index in [0.29, 0.717) is 6.54 Å². The molecule has 1 saturated heterocycles. The molecular formula is C12H17N7OS. The van der Waals surface area contributed by atoms with E-state index in [1.807, 2.05) is 11.8 Å². The van der Waals surface area contributed by atoms with Crippen LogP contribution in [-0.2, 0) is 11.3 Å². The third kappa shape index (κ3) is 3.35. The van der Waals surface area contributed by atoms with Crippen molar-refractivity contribution in [3.63, 3.8) is 0 Å². The molecule has 0 aliphatic carbocycles. The topological polar surface area (TPSA) is 80.0 Å². The van der Waals surface area contributed by atoms with Gasteiger partial charge in [0.15, 0.2) is 5.13 Å². The number of carbonyl (C=O) groups is 1. The van der Waals surface area contributed by atoms with Gasteiger partial charge in [0.1, 0.15) is 12.9 Å². The Kier molecular flexibility index (Phi) is 4.09. The van der Waals surface area contributed by atoms with Crippen LogP contribution in [0, 0.1) is 6.92 Å². The molecule has 2 aromatic heterocycles. The first kappa shape index (κ1) is 13.9. The zero-order valence-corrected chi connectivity index (χ0v) is 12.7. The summed E-state index contributed by atoms with van der Waals surface area (Å²) in [6.45, 7) is 5.42. The van der Waals surface area contributed by atoms with Crippen molar-refractivity contribution >= 4 is 22.4 Å². The van der Waals surface area contributed by atoms with Crippen LogP contribution in [-0.4, -0.2) is 62.2 Å². The summed E-state index contributed by atoms with van der Waals surface area (Å²) in [5.41, 5.74) is 1.05. The zero-order valence-electron chi connectivity index (χ0n) is 11.8. The Hall–Kier alpha value is -2.03. The van der Waals surface area contributed by atoms with Crippen LogP contribution >= 0.6 is 11.3 Å². The lowest BCUT2D eigenvalue weighted by Gasteiger charge is -2.21. The van der Waals surface area contributed by atoms with Crippen molar-refractivity contribution < 1.29 is 4.79 Å². The molecule has 1 aliphatic rings. The quantitative estimate of drug-likeness (QED) is 0.804. The van der Waals surface area contributed by atoms with E-state index in [0.717, 1.165) is 36.9 Å². The minimum atomic E-state index is 0.0551. The molecule has 0 unspecified atom stereocenters. The lowest BCUT2D eigenvalue weighted by Crippen LogP contribution is -2.37. The first-order valence-electron chi connectivity index (χ1n) is 6.88. The fraction of sp³-hybridized carbons (Fsp3) is 0.583. The van der Waals surface area contributed by atoms with Gasteiger partial charge >= 0.3 is 0 Å². The number of aromatic nitrogens is 5. The lowest BCUT2D eigenvalue weighted by atomic mass is 10.4. The number of tetrazole rings is 1. The molecule has 112 valence electrons. The lowest BCUT2D eigenvalue weighted by molar-refractivity contribution is -0.131. The molecule has 8 nitrogen and oxygen atoms in total. The maximum absolute atomic E-state index is 12.2. The number of hydrogen-bond donors (Lipinski definition) is 0. The Morgan fingerprint density at radius 2 is 2.24 bits per heavy atom. The molecule has 2 aromatic rings. The first-order chi connectivity index (χ1) is 10.2. The Balaban J connectivity index is 1.59. The van der Waals surface area contributed by atoms with Gasteiger partial charge in [-0.1, -0.05) is 0 Å². The fourth-order valence-corrected chi connectivity index (χ4v) is 3.19. The Morgan fingerprint density at radius 1 is 1.33 bits per heavy atom. The molecule has 0 N–H and O–H groups in total. The van der Waals surface area contributed by atoms with Crippen LogP contribution in [0.5, 0.6) is 0 Å². The van der Waals surface area contributed by atoms with Crippen LogP contribution in [0.2, 0.25) is 0 Å². The maximum Gasteiger partial charge on any atom is 0.244 e. The van der Waals surface area contributed by atoms with E-state index < -0.39 is 0 Å². The summed E-state index contributed by atoms with van der Waals surface area (Å²) < 4.78 is 1.45. The van der Waals surface area contributed by atoms with Gasteiger partial charge in [-0.05, 0) is 23.8 Å². The number of hydrogen-bond acceptors (Lipinski definition) is 7. The number of rotatable bonds is 3. The average Bonchev–Trinajstić information content (AvgIpc) is 3.05. The van der Waals surface area contributed by atoms with E-state index in [2.05, 4.69) is 30.8 Å². The van der Waals surface area contributed by atoms with Crippen molar-refractivity contribution in [2.24, 2.45) is 0 Å². The number of carbonyl (C=O) groups excluding carboxylic acids is 1. The van der Waals surface area contributed by atoms with Crippen molar-refractivity contribution in [2.45, 2.75) is 19.9 Å². The third-order valence-electron chi connectivity index (χ3n) is 3.41. The summed E-state index contributed by atoms with van der Waals surface area (Å²) in [6, 6.07) is 0. The van der Waals surface area contributed by atoms with Crippen LogP contribution in [0.1, 0.15) is 12.1 Å². The van der Waals surface area contributed by atoms with E-state index in [4.69, 9.17) is 0 Å². The van der Waals surface area contributed by atoms with E-state index in [1.165, 1.54) is 11.0 Å².